The first-order valence-electron chi connectivity index (χ1n) is 6.36. The Kier molecular flexibility index (Phi) is 4.53. The van der Waals surface area contributed by atoms with Gasteiger partial charge in [0.1, 0.15) is 0 Å². The van der Waals surface area contributed by atoms with Crippen molar-refractivity contribution >= 4 is 17.7 Å². The summed E-state index contributed by atoms with van der Waals surface area (Å²) in [7, 11) is 0. The van der Waals surface area contributed by atoms with E-state index in [2.05, 4.69) is 16.9 Å². The predicted molar refractivity (Wildman–Crippen MR) is 68.7 cm³/mol. The van der Waals surface area contributed by atoms with E-state index in [1.807, 2.05) is 11.8 Å². The summed E-state index contributed by atoms with van der Waals surface area (Å²) < 4.78 is 0. The molecule has 2 fully saturated rings. The van der Waals surface area contributed by atoms with Gasteiger partial charge in [-0.1, -0.05) is 6.42 Å². The Labute approximate surface area is 102 Å². The van der Waals surface area contributed by atoms with Crippen molar-refractivity contribution in [1.29, 1.82) is 0 Å². The summed E-state index contributed by atoms with van der Waals surface area (Å²) >= 11 is 1.94. The van der Waals surface area contributed by atoms with Crippen molar-refractivity contribution in [2.45, 2.75) is 55.9 Å². The van der Waals surface area contributed by atoms with Crippen molar-refractivity contribution in [3.05, 3.63) is 0 Å². The van der Waals surface area contributed by atoms with Crippen molar-refractivity contribution in [2.24, 2.45) is 0 Å². The lowest BCUT2D eigenvalue weighted by Crippen LogP contribution is -2.46. The fourth-order valence-corrected chi connectivity index (χ4v) is 3.53. The molecule has 1 aliphatic carbocycles. The number of amides is 1. The zero-order chi connectivity index (χ0) is 11.4. The highest BCUT2D eigenvalue weighted by atomic mass is 32.2. The normalized spacial score (nSPS) is 34.9. The van der Waals surface area contributed by atoms with Gasteiger partial charge in [0.15, 0.2) is 0 Å². The number of nitrogens with one attached hydrogen (secondary N) is 2. The SMILES string of the molecule is CSC1CCCC(NC(=O)C2CCCN2)C1. The van der Waals surface area contributed by atoms with Gasteiger partial charge in [-0.3, -0.25) is 4.79 Å². The predicted octanol–water partition coefficient (Wildman–Crippen LogP) is 1.53. The number of thioether (sulfide) groups is 1. The highest BCUT2D eigenvalue weighted by Crippen LogP contribution is 2.27. The number of rotatable bonds is 3. The van der Waals surface area contributed by atoms with E-state index in [4.69, 9.17) is 0 Å². The summed E-state index contributed by atoms with van der Waals surface area (Å²) in [5, 5.41) is 7.21. The van der Waals surface area contributed by atoms with E-state index < -0.39 is 0 Å². The minimum Gasteiger partial charge on any atom is -0.352 e. The molecule has 16 heavy (non-hydrogen) atoms. The molecule has 0 bridgehead atoms. The van der Waals surface area contributed by atoms with Gasteiger partial charge in [0.25, 0.3) is 0 Å². The molecular weight excluding hydrogens is 220 g/mol. The lowest BCUT2D eigenvalue weighted by atomic mass is 9.94. The van der Waals surface area contributed by atoms with Gasteiger partial charge in [-0.2, -0.15) is 11.8 Å². The van der Waals surface area contributed by atoms with Crippen LogP contribution in [-0.4, -0.2) is 36.0 Å². The molecule has 0 aromatic heterocycles. The van der Waals surface area contributed by atoms with Crippen LogP contribution in [0.2, 0.25) is 0 Å². The van der Waals surface area contributed by atoms with Gasteiger partial charge < -0.3 is 10.6 Å². The van der Waals surface area contributed by atoms with E-state index in [1.165, 1.54) is 12.8 Å². The molecule has 4 heteroatoms. The molecule has 0 spiro atoms. The lowest BCUT2D eigenvalue weighted by Gasteiger charge is -2.29. The number of carbonyl (C=O) groups is 1. The van der Waals surface area contributed by atoms with E-state index >= 15 is 0 Å². The third-order valence-electron chi connectivity index (χ3n) is 3.68. The summed E-state index contributed by atoms with van der Waals surface area (Å²) in [6.45, 7) is 0.996. The molecule has 3 nitrogen and oxygen atoms in total. The van der Waals surface area contributed by atoms with E-state index in [0.29, 0.717) is 6.04 Å². The summed E-state index contributed by atoms with van der Waals surface area (Å²) in [6.07, 6.45) is 9.20. The van der Waals surface area contributed by atoms with Crippen LogP contribution in [0.3, 0.4) is 0 Å². The molecule has 1 saturated heterocycles. The van der Waals surface area contributed by atoms with Gasteiger partial charge in [-0.15, -0.1) is 0 Å². The van der Waals surface area contributed by atoms with E-state index in [-0.39, 0.29) is 11.9 Å². The summed E-state index contributed by atoms with van der Waals surface area (Å²) in [5.41, 5.74) is 0. The molecule has 2 aliphatic rings. The van der Waals surface area contributed by atoms with Crippen LogP contribution in [0.4, 0.5) is 0 Å². The molecule has 1 aliphatic heterocycles. The van der Waals surface area contributed by atoms with Gasteiger partial charge in [0.2, 0.25) is 5.91 Å². The Morgan fingerprint density at radius 2 is 2.19 bits per heavy atom. The van der Waals surface area contributed by atoms with Crippen LogP contribution < -0.4 is 10.6 Å². The van der Waals surface area contributed by atoms with Gasteiger partial charge in [-0.05, 0) is 44.9 Å². The van der Waals surface area contributed by atoms with Gasteiger partial charge >= 0.3 is 0 Å². The fraction of sp³-hybridized carbons (Fsp3) is 0.917. The van der Waals surface area contributed by atoms with Crippen LogP contribution in [0.5, 0.6) is 0 Å². The van der Waals surface area contributed by atoms with Crippen LogP contribution >= 0.6 is 11.8 Å². The van der Waals surface area contributed by atoms with E-state index in [1.54, 1.807) is 0 Å². The van der Waals surface area contributed by atoms with Gasteiger partial charge in [0, 0.05) is 11.3 Å². The zero-order valence-corrected chi connectivity index (χ0v) is 10.8. The summed E-state index contributed by atoms with van der Waals surface area (Å²) in [5.74, 6) is 0.226. The maximum Gasteiger partial charge on any atom is 0.237 e. The maximum atomic E-state index is 11.9. The van der Waals surface area contributed by atoms with E-state index in [9.17, 15) is 4.79 Å². The lowest BCUT2D eigenvalue weighted by molar-refractivity contribution is -0.123. The molecule has 3 unspecified atom stereocenters. The highest BCUT2D eigenvalue weighted by molar-refractivity contribution is 7.99. The summed E-state index contributed by atoms with van der Waals surface area (Å²) in [4.78, 5) is 11.9. The quantitative estimate of drug-likeness (QED) is 0.788. The third kappa shape index (κ3) is 3.14. The Hall–Kier alpha value is -0.220. The highest BCUT2D eigenvalue weighted by Gasteiger charge is 2.27. The second kappa shape index (κ2) is 5.92. The van der Waals surface area contributed by atoms with Gasteiger partial charge in [-0.25, -0.2) is 0 Å². The Bertz CT molecular complexity index is 241. The first kappa shape index (κ1) is 12.2. The first-order valence-corrected chi connectivity index (χ1v) is 7.65. The molecule has 2 rings (SSSR count). The molecule has 0 aromatic rings. The smallest absolute Gasteiger partial charge is 0.237 e. The van der Waals surface area contributed by atoms with Gasteiger partial charge in [0.05, 0.1) is 6.04 Å². The average molecular weight is 242 g/mol. The maximum absolute atomic E-state index is 11.9. The van der Waals surface area contributed by atoms with Crippen molar-refractivity contribution in [3.8, 4) is 0 Å². The molecule has 3 atom stereocenters. The first-order chi connectivity index (χ1) is 7.79. The Balaban J connectivity index is 1.77. The van der Waals surface area contributed by atoms with E-state index in [0.717, 1.165) is 37.5 Å². The minimum atomic E-state index is 0.0784. The molecule has 2 N–H and O–H groups in total. The Morgan fingerprint density at radius 1 is 1.31 bits per heavy atom. The van der Waals surface area contributed by atoms with Crippen molar-refractivity contribution in [2.75, 3.05) is 12.8 Å². The van der Waals surface area contributed by atoms with Crippen LogP contribution in [0, 0.1) is 0 Å². The molecule has 1 amide bonds. The minimum absolute atomic E-state index is 0.0784. The fourth-order valence-electron chi connectivity index (χ4n) is 2.70. The molecular formula is C12H22N2OS. The van der Waals surface area contributed by atoms with Crippen LogP contribution in [0.25, 0.3) is 0 Å². The average Bonchev–Trinajstić information content (AvgIpc) is 2.83. The molecule has 92 valence electrons. The Morgan fingerprint density at radius 3 is 2.88 bits per heavy atom. The van der Waals surface area contributed by atoms with Crippen LogP contribution in [-0.2, 0) is 4.79 Å². The largest absolute Gasteiger partial charge is 0.352 e. The summed E-state index contributed by atoms with van der Waals surface area (Å²) in [6, 6.07) is 0.496. The molecule has 0 radical (unpaired) electrons. The molecule has 0 aromatic carbocycles. The van der Waals surface area contributed by atoms with Crippen LogP contribution in [0.15, 0.2) is 0 Å². The third-order valence-corrected chi connectivity index (χ3v) is 4.78. The number of hydrogen-bond acceptors (Lipinski definition) is 3. The standard InChI is InChI=1S/C12H22N2OS/c1-16-10-5-2-4-9(8-10)14-12(15)11-6-3-7-13-11/h9-11,13H,2-8H2,1H3,(H,14,15). The number of hydrogen-bond donors (Lipinski definition) is 2. The van der Waals surface area contributed by atoms with Crippen molar-refractivity contribution in [1.82, 2.24) is 10.6 Å². The van der Waals surface area contributed by atoms with Crippen LogP contribution in [0.1, 0.15) is 38.5 Å². The van der Waals surface area contributed by atoms with Crippen molar-refractivity contribution in [3.63, 3.8) is 0 Å². The monoisotopic (exact) mass is 242 g/mol. The number of carbonyl (C=O) groups excluding carboxylic acids is 1. The second-order valence-corrected chi connectivity index (χ2v) is 6.02. The van der Waals surface area contributed by atoms with Crippen molar-refractivity contribution < 1.29 is 4.79 Å². The second-order valence-electron chi connectivity index (χ2n) is 4.88. The topological polar surface area (TPSA) is 41.1 Å². The molecule has 1 saturated carbocycles. The molecule has 1 heterocycles. The zero-order valence-electron chi connectivity index (χ0n) is 10.00.